The van der Waals surface area contributed by atoms with Crippen molar-refractivity contribution in [3.63, 3.8) is 0 Å². The van der Waals surface area contributed by atoms with Gasteiger partial charge in [0.1, 0.15) is 12.1 Å². The molecule has 1 atom stereocenters. The third-order valence-corrected chi connectivity index (χ3v) is 4.75. The number of nitrogens with zero attached hydrogens (tertiary/aromatic N) is 2. The van der Waals surface area contributed by atoms with E-state index in [4.69, 9.17) is 5.26 Å². The van der Waals surface area contributed by atoms with Gasteiger partial charge in [-0.2, -0.15) is 5.26 Å². The average Bonchev–Trinajstić information content (AvgIpc) is 2.93. The van der Waals surface area contributed by atoms with E-state index >= 15 is 0 Å². The van der Waals surface area contributed by atoms with Crippen LogP contribution in [-0.4, -0.2) is 35.8 Å². The molecular weight excluding hydrogens is 356 g/mol. The number of imide groups is 1. The minimum absolute atomic E-state index is 0.342. The highest BCUT2D eigenvalue weighted by Gasteiger charge is 2.49. The molecule has 1 unspecified atom stereocenters. The van der Waals surface area contributed by atoms with Crippen molar-refractivity contribution in [2.45, 2.75) is 18.9 Å². The van der Waals surface area contributed by atoms with Crippen LogP contribution in [0.5, 0.6) is 0 Å². The van der Waals surface area contributed by atoms with Crippen LogP contribution in [-0.2, 0) is 21.5 Å². The molecule has 2 aromatic rings. The summed E-state index contributed by atoms with van der Waals surface area (Å²) < 4.78 is 0. The van der Waals surface area contributed by atoms with Crippen LogP contribution in [0.15, 0.2) is 54.6 Å². The Labute approximate surface area is 163 Å². The minimum Gasteiger partial charge on any atom is -0.354 e. The molecule has 7 heteroatoms. The Balaban J connectivity index is 1.61. The molecule has 2 aromatic carbocycles. The van der Waals surface area contributed by atoms with Gasteiger partial charge in [0.15, 0.2) is 0 Å². The number of benzene rings is 2. The van der Waals surface area contributed by atoms with Gasteiger partial charge in [-0.1, -0.05) is 42.5 Å². The molecule has 0 aliphatic carbocycles. The summed E-state index contributed by atoms with van der Waals surface area (Å²) >= 11 is 0. The summed E-state index contributed by atoms with van der Waals surface area (Å²) in [6.07, 6.45) is 0.662. The first-order valence-corrected chi connectivity index (χ1v) is 8.89. The normalized spacial score (nSPS) is 18.5. The summed E-state index contributed by atoms with van der Waals surface area (Å²) in [4.78, 5) is 38.2. The Hall–Kier alpha value is -3.66. The highest BCUT2D eigenvalue weighted by Crippen LogP contribution is 2.28. The van der Waals surface area contributed by atoms with Crippen molar-refractivity contribution < 1.29 is 14.4 Å². The van der Waals surface area contributed by atoms with Crippen molar-refractivity contribution in [1.82, 2.24) is 15.5 Å². The minimum atomic E-state index is -1.27. The Kier molecular flexibility index (Phi) is 5.41. The Morgan fingerprint density at radius 3 is 2.46 bits per heavy atom. The second-order valence-corrected chi connectivity index (χ2v) is 6.72. The maximum Gasteiger partial charge on any atom is 0.325 e. The molecule has 2 N–H and O–H groups in total. The van der Waals surface area contributed by atoms with Crippen LogP contribution in [0, 0.1) is 11.3 Å². The number of hydrogen-bond acceptors (Lipinski definition) is 4. The monoisotopic (exact) mass is 376 g/mol. The molecule has 1 aliphatic rings. The van der Waals surface area contributed by atoms with Crippen molar-refractivity contribution in [2.75, 3.05) is 13.1 Å². The van der Waals surface area contributed by atoms with Gasteiger partial charge in [0.25, 0.3) is 5.91 Å². The highest BCUT2D eigenvalue weighted by atomic mass is 16.2. The number of carbonyl (C=O) groups excluding carboxylic acids is 3. The number of carbonyl (C=O) groups is 3. The summed E-state index contributed by atoms with van der Waals surface area (Å²) in [5.74, 6) is -0.899. The molecule has 7 nitrogen and oxygen atoms in total. The molecule has 142 valence electrons. The molecule has 28 heavy (non-hydrogen) atoms. The highest BCUT2D eigenvalue weighted by molar-refractivity contribution is 6.09. The number of nitriles is 1. The summed E-state index contributed by atoms with van der Waals surface area (Å²) in [5, 5.41) is 14.3. The number of nitrogens with one attached hydrogen (secondary N) is 2. The molecule has 0 aromatic heterocycles. The first kappa shape index (κ1) is 19.1. The molecule has 1 saturated heterocycles. The lowest BCUT2D eigenvalue weighted by Crippen LogP contribution is -2.43. The van der Waals surface area contributed by atoms with Crippen molar-refractivity contribution in [3.05, 3.63) is 71.3 Å². The Bertz CT molecular complexity index is 934. The Morgan fingerprint density at radius 2 is 1.82 bits per heavy atom. The lowest BCUT2D eigenvalue weighted by molar-refractivity contribution is -0.134. The third kappa shape index (κ3) is 3.86. The van der Waals surface area contributed by atoms with E-state index in [1.807, 2.05) is 36.4 Å². The van der Waals surface area contributed by atoms with Crippen LogP contribution in [0.3, 0.4) is 0 Å². The zero-order valence-electron chi connectivity index (χ0n) is 15.4. The van der Waals surface area contributed by atoms with Gasteiger partial charge in [0.05, 0.1) is 11.6 Å². The quantitative estimate of drug-likeness (QED) is 0.749. The second-order valence-electron chi connectivity index (χ2n) is 6.72. The molecule has 0 spiro atoms. The van der Waals surface area contributed by atoms with Crippen LogP contribution >= 0.6 is 0 Å². The lowest BCUT2D eigenvalue weighted by Gasteiger charge is -2.22. The van der Waals surface area contributed by atoms with E-state index in [1.165, 1.54) is 0 Å². The maximum absolute atomic E-state index is 12.8. The number of urea groups is 1. The second kappa shape index (κ2) is 7.92. The first-order chi connectivity index (χ1) is 13.4. The molecule has 0 saturated carbocycles. The van der Waals surface area contributed by atoms with Gasteiger partial charge in [-0.3, -0.25) is 14.5 Å². The summed E-state index contributed by atoms with van der Waals surface area (Å²) in [7, 11) is 0. The number of rotatable bonds is 6. The SMILES string of the molecule is CC1(c2ccc(C#N)cc2)NC(=O)N(CC(=O)NCCc2ccccc2)C1=O. The van der Waals surface area contributed by atoms with Crippen molar-refractivity contribution in [1.29, 1.82) is 5.26 Å². The average molecular weight is 376 g/mol. The summed E-state index contributed by atoms with van der Waals surface area (Å²) in [6.45, 7) is 1.66. The third-order valence-electron chi connectivity index (χ3n) is 4.75. The number of hydrogen-bond donors (Lipinski definition) is 2. The lowest BCUT2D eigenvalue weighted by atomic mass is 9.91. The molecule has 1 aliphatic heterocycles. The van der Waals surface area contributed by atoms with E-state index in [1.54, 1.807) is 31.2 Å². The van der Waals surface area contributed by atoms with E-state index in [9.17, 15) is 14.4 Å². The van der Waals surface area contributed by atoms with Gasteiger partial charge in [0, 0.05) is 6.54 Å². The fourth-order valence-corrected chi connectivity index (χ4v) is 3.10. The van der Waals surface area contributed by atoms with Gasteiger partial charge in [-0.25, -0.2) is 4.79 Å². The van der Waals surface area contributed by atoms with Crippen molar-refractivity contribution in [3.8, 4) is 6.07 Å². The maximum atomic E-state index is 12.8. The fourth-order valence-electron chi connectivity index (χ4n) is 3.10. The topological polar surface area (TPSA) is 102 Å². The molecule has 3 rings (SSSR count). The molecule has 4 amide bonds. The Morgan fingerprint density at radius 1 is 1.14 bits per heavy atom. The standard InChI is InChI=1S/C21H20N4O3/c1-21(17-9-7-16(13-22)8-10-17)19(27)25(20(28)24-21)14-18(26)23-12-11-15-5-3-2-4-6-15/h2-10H,11-12,14H2,1H3,(H,23,26)(H,24,28). The van der Waals surface area contributed by atoms with Crippen LogP contribution < -0.4 is 10.6 Å². The fraction of sp³-hybridized carbons (Fsp3) is 0.238. The van der Waals surface area contributed by atoms with Crippen LogP contribution in [0.1, 0.15) is 23.6 Å². The zero-order valence-corrected chi connectivity index (χ0v) is 15.4. The first-order valence-electron chi connectivity index (χ1n) is 8.89. The van der Waals surface area contributed by atoms with Gasteiger partial charge < -0.3 is 10.6 Å². The van der Waals surface area contributed by atoms with Crippen LogP contribution in [0.2, 0.25) is 0 Å². The van der Waals surface area contributed by atoms with Gasteiger partial charge in [0.2, 0.25) is 5.91 Å². The molecular formula is C21H20N4O3. The van der Waals surface area contributed by atoms with Gasteiger partial charge in [-0.05, 0) is 36.6 Å². The molecule has 1 fully saturated rings. The van der Waals surface area contributed by atoms with Crippen LogP contribution in [0.4, 0.5) is 4.79 Å². The summed E-state index contributed by atoms with van der Waals surface area (Å²) in [5.41, 5.74) is 0.830. The van der Waals surface area contributed by atoms with E-state index in [2.05, 4.69) is 10.6 Å². The zero-order chi connectivity index (χ0) is 20.1. The molecule has 0 bridgehead atoms. The largest absolute Gasteiger partial charge is 0.354 e. The number of amides is 4. The van der Waals surface area contributed by atoms with Gasteiger partial charge in [-0.15, -0.1) is 0 Å². The smallest absolute Gasteiger partial charge is 0.325 e. The van der Waals surface area contributed by atoms with E-state index < -0.39 is 23.4 Å². The van der Waals surface area contributed by atoms with Crippen molar-refractivity contribution in [2.24, 2.45) is 0 Å². The van der Waals surface area contributed by atoms with Gasteiger partial charge >= 0.3 is 6.03 Å². The molecule has 1 heterocycles. The van der Waals surface area contributed by atoms with E-state index in [0.29, 0.717) is 24.1 Å². The van der Waals surface area contributed by atoms with Crippen molar-refractivity contribution >= 4 is 17.8 Å². The molecule has 0 radical (unpaired) electrons. The predicted octanol–water partition coefficient (Wildman–Crippen LogP) is 1.68. The summed E-state index contributed by atoms with van der Waals surface area (Å²) in [6, 6.07) is 17.5. The predicted molar refractivity (Wildman–Crippen MR) is 102 cm³/mol. The van der Waals surface area contributed by atoms with E-state index in [-0.39, 0.29) is 6.54 Å². The van der Waals surface area contributed by atoms with E-state index in [0.717, 1.165) is 10.5 Å². The van der Waals surface area contributed by atoms with Crippen LogP contribution in [0.25, 0.3) is 0 Å².